The molecule has 0 amide bonds. The molecule has 5 heteroatoms. The Bertz CT molecular complexity index is 592. The van der Waals surface area contributed by atoms with Crippen molar-refractivity contribution in [3.05, 3.63) is 23.8 Å². The lowest BCUT2D eigenvalue weighted by Gasteiger charge is -2.27. The Hall–Kier alpha value is -1.07. The van der Waals surface area contributed by atoms with Crippen molar-refractivity contribution in [2.75, 3.05) is 18.9 Å². The molecule has 0 saturated heterocycles. The molecule has 0 atom stereocenters. The molecule has 1 aromatic rings. The summed E-state index contributed by atoms with van der Waals surface area (Å²) in [7, 11) is -1.63. The highest BCUT2D eigenvalue weighted by molar-refractivity contribution is 7.89. The second-order valence-corrected chi connectivity index (χ2v) is 7.74. The Morgan fingerprint density at radius 2 is 1.95 bits per heavy atom. The van der Waals surface area contributed by atoms with E-state index < -0.39 is 10.0 Å². The zero-order chi connectivity index (χ0) is 14.2. The van der Waals surface area contributed by atoms with Crippen LogP contribution in [0.25, 0.3) is 0 Å². The Morgan fingerprint density at radius 1 is 1.20 bits per heavy atom. The molecule has 0 unspecified atom stereocenters. The molecule has 1 fully saturated rings. The van der Waals surface area contributed by atoms with E-state index in [4.69, 9.17) is 0 Å². The van der Waals surface area contributed by atoms with E-state index in [2.05, 4.69) is 5.32 Å². The van der Waals surface area contributed by atoms with Crippen molar-refractivity contribution in [3.8, 4) is 0 Å². The van der Waals surface area contributed by atoms with Crippen molar-refractivity contribution in [1.29, 1.82) is 0 Å². The molecule has 110 valence electrons. The van der Waals surface area contributed by atoms with Crippen molar-refractivity contribution in [2.24, 2.45) is 0 Å². The van der Waals surface area contributed by atoms with Gasteiger partial charge in [0.1, 0.15) is 0 Å². The van der Waals surface area contributed by atoms with Crippen LogP contribution in [0.5, 0.6) is 0 Å². The minimum atomic E-state index is -3.37. The van der Waals surface area contributed by atoms with Gasteiger partial charge in [-0.2, -0.15) is 4.31 Å². The van der Waals surface area contributed by atoms with Crippen LogP contribution >= 0.6 is 0 Å². The normalized spacial score (nSPS) is 19.9. The molecule has 1 N–H and O–H groups in total. The summed E-state index contributed by atoms with van der Waals surface area (Å²) in [6.07, 6.45) is 6.09. The minimum Gasteiger partial charge on any atom is -0.385 e. The summed E-state index contributed by atoms with van der Waals surface area (Å²) in [5, 5.41) is 3.30. The maximum absolute atomic E-state index is 12.9. The molecule has 1 aliphatic heterocycles. The summed E-state index contributed by atoms with van der Waals surface area (Å²) in [5.74, 6) is 0. The molecule has 0 aromatic heterocycles. The van der Waals surface area contributed by atoms with Gasteiger partial charge in [-0.1, -0.05) is 18.9 Å². The van der Waals surface area contributed by atoms with E-state index >= 15 is 0 Å². The molecule has 1 aromatic carbocycles. The third-order valence-corrected chi connectivity index (χ3v) is 6.54. The van der Waals surface area contributed by atoms with E-state index in [0.29, 0.717) is 4.90 Å². The number of anilines is 1. The van der Waals surface area contributed by atoms with Gasteiger partial charge in [-0.25, -0.2) is 8.42 Å². The molecule has 0 spiro atoms. The van der Waals surface area contributed by atoms with E-state index in [1.165, 1.54) is 0 Å². The lowest BCUT2D eigenvalue weighted by molar-refractivity contribution is 0.372. The number of benzene rings is 1. The van der Waals surface area contributed by atoms with Crippen molar-refractivity contribution >= 4 is 15.7 Å². The van der Waals surface area contributed by atoms with Gasteiger partial charge in [-0.05, 0) is 43.4 Å². The van der Waals surface area contributed by atoms with Gasteiger partial charge in [0.15, 0.2) is 0 Å². The molecule has 1 aliphatic carbocycles. The lowest BCUT2D eigenvalue weighted by atomic mass is 10.0. The highest BCUT2D eigenvalue weighted by Gasteiger charge is 2.32. The van der Waals surface area contributed by atoms with Gasteiger partial charge >= 0.3 is 0 Å². The smallest absolute Gasteiger partial charge is 0.243 e. The average molecular weight is 294 g/mol. The molecular weight excluding hydrogens is 272 g/mol. The first-order valence-corrected chi connectivity index (χ1v) is 8.88. The molecule has 0 radical (unpaired) electrons. The first-order chi connectivity index (χ1) is 9.60. The van der Waals surface area contributed by atoms with E-state index in [0.717, 1.165) is 56.3 Å². The fourth-order valence-electron chi connectivity index (χ4n) is 3.34. The van der Waals surface area contributed by atoms with Crippen molar-refractivity contribution < 1.29 is 8.42 Å². The molecule has 20 heavy (non-hydrogen) atoms. The summed E-state index contributed by atoms with van der Waals surface area (Å²) in [6.45, 7) is 0.926. The quantitative estimate of drug-likeness (QED) is 0.932. The van der Waals surface area contributed by atoms with Gasteiger partial charge in [0.05, 0.1) is 4.90 Å². The molecule has 1 saturated carbocycles. The molecule has 1 heterocycles. The Morgan fingerprint density at radius 3 is 2.70 bits per heavy atom. The van der Waals surface area contributed by atoms with Crippen LogP contribution in [0.1, 0.15) is 37.7 Å². The van der Waals surface area contributed by atoms with Crippen LogP contribution in [0.3, 0.4) is 0 Å². The van der Waals surface area contributed by atoms with Gasteiger partial charge in [-0.15, -0.1) is 0 Å². The first kappa shape index (κ1) is 13.9. The summed E-state index contributed by atoms with van der Waals surface area (Å²) in [4.78, 5) is 0.497. The number of fused-ring (bicyclic) bond motifs is 1. The Balaban J connectivity index is 1.98. The third-order valence-electron chi connectivity index (χ3n) is 4.55. The maximum atomic E-state index is 12.9. The third kappa shape index (κ3) is 2.33. The standard InChI is InChI=1S/C15H22N2O2S/c1-17(12-6-2-3-7-12)20(18,19)15-10-4-9-14-13(15)8-5-11-16-14/h4,9-10,12,16H,2-3,5-8,11H2,1H3. The first-order valence-electron chi connectivity index (χ1n) is 7.44. The van der Waals surface area contributed by atoms with E-state index in [-0.39, 0.29) is 6.04 Å². The minimum absolute atomic E-state index is 0.174. The average Bonchev–Trinajstić information content (AvgIpc) is 2.99. The van der Waals surface area contributed by atoms with E-state index in [9.17, 15) is 8.42 Å². The number of sulfonamides is 1. The van der Waals surface area contributed by atoms with Gasteiger partial charge in [0, 0.05) is 25.3 Å². The predicted octanol–water partition coefficient (Wildman–Crippen LogP) is 2.61. The van der Waals surface area contributed by atoms with Crippen LogP contribution in [-0.2, 0) is 16.4 Å². The van der Waals surface area contributed by atoms with Crippen LogP contribution in [0.15, 0.2) is 23.1 Å². The van der Waals surface area contributed by atoms with Crippen LogP contribution in [0.2, 0.25) is 0 Å². The van der Waals surface area contributed by atoms with E-state index in [1.807, 2.05) is 12.1 Å². The van der Waals surface area contributed by atoms with Gasteiger partial charge in [0.2, 0.25) is 10.0 Å². The fraction of sp³-hybridized carbons (Fsp3) is 0.600. The molecular formula is C15H22N2O2S. The molecule has 3 rings (SSSR count). The molecule has 2 aliphatic rings. The van der Waals surface area contributed by atoms with Crippen LogP contribution in [-0.4, -0.2) is 32.4 Å². The summed E-state index contributed by atoms with van der Waals surface area (Å²) in [6, 6.07) is 5.75. The molecule has 4 nitrogen and oxygen atoms in total. The zero-order valence-corrected chi connectivity index (χ0v) is 12.7. The Labute approximate surface area is 121 Å². The lowest BCUT2D eigenvalue weighted by Crippen LogP contribution is -2.36. The SMILES string of the molecule is CN(C1CCCC1)S(=O)(=O)c1cccc2c1CCCN2. The zero-order valence-electron chi connectivity index (χ0n) is 11.9. The maximum Gasteiger partial charge on any atom is 0.243 e. The van der Waals surface area contributed by atoms with Crippen molar-refractivity contribution in [1.82, 2.24) is 4.31 Å². The Kier molecular flexibility index (Phi) is 3.73. The number of rotatable bonds is 3. The second-order valence-electron chi connectivity index (χ2n) is 5.77. The van der Waals surface area contributed by atoms with Crippen molar-refractivity contribution in [2.45, 2.75) is 49.5 Å². The van der Waals surface area contributed by atoms with Gasteiger partial charge < -0.3 is 5.32 Å². The fourth-order valence-corrected chi connectivity index (χ4v) is 5.03. The predicted molar refractivity (Wildman–Crippen MR) is 80.5 cm³/mol. The van der Waals surface area contributed by atoms with Crippen LogP contribution in [0, 0.1) is 0 Å². The summed E-state index contributed by atoms with van der Waals surface area (Å²) in [5.41, 5.74) is 1.95. The number of nitrogens with one attached hydrogen (secondary N) is 1. The van der Waals surface area contributed by atoms with E-state index in [1.54, 1.807) is 17.4 Å². The monoisotopic (exact) mass is 294 g/mol. The number of hydrogen-bond acceptors (Lipinski definition) is 3. The topological polar surface area (TPSA) is 49.4 Å². The van der Waals surface area contributed by atoms with Crippen molar-refractivity contribution in [3.63, 3.8) is 0 Å². The van der Waals surface area contributed by atoms with Gasteiger partial charge in [0.25, 0.3) is 0 Å². The highest BCUT2D eigenvalue weighted by Crippen LogP contribution is 2.32. The summed E-state index contributed by atoms with van der Waals surface area (Å²) < 4.78 is 27.4. The number of nitrogens with zero attached hydrogens (tertiary/aromatic N) is 1. The highest BCUT2D eigenvalue weighted by atomic mass is 32.2. The van der Waals surface area contributed by atoms with Crippen LogP contribution < -0.4 is 5.32 Å². The summed E-state index contributed by atoms with van der Waals surface area (Å²) >= 11 is 0. The van der Waals surface area contributed by atoms with Gasteiger partial charge in [-0.3, -0.25) is 0 Å². The molecule has 0 bridgehead atoms. The second kappa shape index (κ2) is 5.37. The largest absolute Gasteiger partial charge is 0.385 e. The van der Waals surface area contributed by atoms with Crippen LogP contribution in [0.4, 0.5) is 5.69 Å². The number of hydrogen-bond donors (Lipinski definition) is 1.